The summed E-state index contributed by atoms with van der Waals surface area (Å²) in [5, 5.41) is 7.54. The summed E-state index contributed by atoms with van der Waals surface area (Å²) in [4.78, 5) is 8.45. The highest BCUT2D eigenvalue weighted by Gasteiger charge is 2.21. The highest BCUT2D eigenvalue weighted by molar-refractivity contribution is 5.44. The van der Waals surface area contributed by atoms with Crippen molar-refractivity contribution in [3.8, 4) is 0 Å². The Bertz CT molecular complexity index is 597. The molecule has 2 aromatic rings. The van der Waals surface area contributed by atoms with Gasteiger partial charge in [0.15, 0.2) is 0 Å². The molecular weight excluding hydrogens is 266 g/mol. The molecule has 21 heavy (non-hydrogen) atoms. The lowest BCUT2D eigenvalue weighted by Crippen LogP contribution is -2.27. The first-order valence-electron chi connectivity index (χ1n) is 7.77. The van der Waals surface area contributed by atoms with Gasteiger partial charge in [-0.3, -0.25) is 0 Å². The normalized spacial score (nSPS) is 22.6. The lowest BCUT2D eigenvalue weighted by molar-refractivity contribution is 0.000363. The van der Waals surface area contributed by atoms with E-state index in [0.717, 1.165) is 18.1 Å². The maximum absolute atomic E-state index is 6.02. The van der Waals surface area contributed by atoms with Crippen LogP contribution in [0.3, 0.4) is 0 Å². The van der Waals surface area contributed by atoms with E-state index >= 15 is 0 Å². The third kappa shape index (κ3) is 3.32. The van der Waals surface area contributed by atoms with Crippen molar-refractivity contribution in [2.24, 2.45) is 5.92 Å². The zero-order valence-corrected chi connectivity index (χ0v) is 12.7. The molecule has 3 rings (SSSR count). The molecular formula is C15H23N5O. The minimum atomic E-state index is 0.422. The highest BCUT2D eigenvalue weighted by Crippen LogP contribution is 2.26. The summed E-state index contributed by atoms with van der Waals surface area (Å²) in [6.07, 6.45) is 7.08. The predicted octanol–water partition coefficient (Wildman–Crippen LogP) is 2.44. The van der Waals surface area contributed by atoms with E-state index in [1.54, 1.807) is 4.52 Å². The van der Waals surface area contributed by atoms with Gasteiger partial charge in [-0.15, -0.1) is 0 Å². The molecule has 6 nitrogen and oxygen atoms in total. The van der Waals surface area contributed by atoms with Crippen molar-refractivity contribution < 1.29 is 4.74 Å². The second kappa shape index (κ2) is 6.39. The number of hydrogen-bond donors (Lipinski definition) is 1. The van der Waals surface area contributed by atoms with E-state index in [0.29, 0.717) is 24.4 Å². The van der Waals surface area contributed by atoms with Gasteiger partial charge in [-0.05, 0) is 25.7 Å². The fourth-order valence-corrected chi connectivity index (χ4v) is 2.98. The summed E-state index contributed by atoms with van der Waals surface area (Å²) in [6, 6.07) is 1.98. The van der Waals surface area contributed by atoms with Crippen molar-refractivity contribution in [3.05, 3.63) is 18.1 Å². The molecule has 1 aliphatic rings. The number of ether oxygens (including phenoxy) is 1. The third-order valence-corrected chi connectivity index (χ3v) is 4.15. The van der Waals surface area contributed by atoms with Gasteiger partial charge in [-0.2, -0.15) is 14.6 Å². The summed E-state index contributed by atoms with van der Waals surface area (Å²) in [7, 11) is 0. The minimum absolute atomic E-state index is 0.422. The Labute approximate surface area is 124 Å². The van der Waals surface area contributed by atoms with Crippen LogP contribution in [-0.2, 0) is 4.74 Å². The van der Waals surface area contributed by atoms with Crippen LogP contribution in [0.4, 0.5) is 5.82 Å². The molecule has 0 amide bonds. The second-order valence-electron chi connectivity index (χ2n) is 5.85. The van der Waals surface area contributed by atoms with Gasteiger partial charge in [0.25, 0.3) is 5.78 Å². The van der Waals surface area contributed by atoms with Crippen LogP contribution < -0.4 is 5.32 Å². The van der Waals surface area contributed by atoms with Crippen molar-refractivity contribution in [3.63, 3.8) is 0 Å². The van der Waals surface area contributed by atoms with Gasteiger partial charge in [0.1, 0.15) is 12.1 Å². The molecule has 114 valence electrons. The van der Waals surface area contributed by atoms with Crippen LogP contribution in [0.25, 0.3) is 5.78 Å². The number of nitrogens with one attached hydrogen (secondary N) is 1. The Morgan fingerprint density at radius 3 is 3.10 bits per heavy atom. The highest BCUT2D eigenvalue weighted by atomic mass is 16.5. The van der Waals surface area contributed by atoms with Gasteiger partial charge in [-0.1, -0.05) is 19.8 Å². The molecule has 2 unspecified atom stereocenters. The Morgan fingerprint density at radius 2 is 2.24 bits per heavy atom. The zero-order valence-electron chi connectivity index (χ0n) is 12.7. The lowest BCUT2D eigenvalue weighted by Gasteiger charge is -2.28. The van der Waals surface area contributed by atoms with Crippen LogP contribution in [0.15, 0.2) is 12.4 Å². The summed E-state index contributed by atoms with van der Waals surface area (Å²) < 4.78 is 7.74. The fourth-order valence-electron chi connectivity index (χ4n) is 2.98. The van der Waals surface area contributed by atoms with Crippen molar-refractivity contribution in [2.45, 2.75) is 45.6 Å². The van der Waals surface area contributed by atoms with Crippen molar-refractivity contribution in [1.82, 2.24) is 19.6 Å². The first kappa shape index (κ1) is 14.3. The van der Waals surface area contributed by atoms with Gasteiger partial charge in [0.05, 0.1) is 12.7 Å². The standard InChI is InChI=1S/C15H23N5O/c1-11-5-3-4-6-13(11)21-8-7-16-14-9-12(2)19-15-17-10-18-20(14)15/h9-11,13,16H,3-8H2,1-2H3. The van der Waals surface area contributed by atoms with E-state index < -0.39 is 0 Å². The number of aryl methyl sites for hydroxylation is 1. The van der Waals surface area contributed by atoms with E-state index in [4.69, 9.17) is 4.74 Å². The molecule has 1 saturated carbocycles. The molecule has 0 saturated heterocycles. The van der Waals surface area contributed by atoms with Crippen molar-refractivity contribution in [2.75, 3.05) is 18.5 Å². The number of aromatic nitrogens is 4. The molecule has 2 aromatic heterocycles. The molecule has 6 heteroatoms. The van der Waals surface area contributed by atoms with Gasteiger partial charge in [0.2, 0.25) is 0 Å². The number of rotatable bonds is 5. The van der Waals surface area contributed by atoms with Gasteiger partial charge < -0.3 is 10.1 Å². The van der Waals surface area contributed by atoms with E-state index in [-0.39, 0.29) is 0 Å². The van der Waals surface area contributed by atoms with E-state index in [2.05, 4.69) is 27.3 Å². The molecule has 0 aromatic carbocycles. The second-order valence-corrected chi connectivity index (χ2v) is 5.85. The van der Waals surface area contributed by atoms with Crippen LogP contribution >= 0.6 is 0 Å². The molecule has 2 heterocycles. The van der Waals surface area contributed by atoms with Gasteiger partial charge >= 0.3 is 0 Å². The van der Waals surface area contributed by atoms with Crippen LogP contribution in [0.2, 0.25) is 0 Å². The first-order valence-corrected chi connectivity index (χ1v) is 7.77. The lowest BCUT2D eigenvalue weighted by atomic mass is 9.88. The van der Waals surface area contributed by atoms with Crippen molar-refractivity contribution in [1.29, 1.82) is 0 Å². The predicted molar refractivity (Wildman–Crippen MR) is 81.4 cm³/mol. The SMILES string of the molecule is Cc1cc(NCCOC2CCCCC2C)n2ncnc2n1. The minimum Gasteiger partial charge on any atom is -0.376 e. The molecule has 1 fully saturated rings. The Morgan fingerprint density at radius 1 is 1.38 bits per heavy atom. The maximum Gasteiger partial charge on any atom is 0.254 e. The number of fused-ring (bicyclic) bond motifs is 1. The van der Waals surface area contributed by atoms with Crippen LogP contribution in [0.5, 0.6) is 0 Å². The number of nitrogens with zero attached hydrogens (tertiary/aromatic N) is 4. The molecule has 0 bridgehead atoms. The summed E-state index contributed by atoms with van der Waals surface area (Å²) in [5.41, 5.74) is 0.930. The monoisotopic (exact) mass is 289 g/mol. The third-order valence-electron chi connectivity index (χ3n) is 4.15. The van der Waals surface area contributed by atoms with Gasteiger partial charge in [-0.25, -0.2) is 4.98 Å². The quantitative estimate of drug-likeness (QED) is 0.856. The number of anilines is 1. The Hall–Kier alpha value is -1.69. The molecule has 1 aliphatic carbocycles. The average molecular weight is 289 g/mol. The molecule has 0 spiro atoms. The first-order chi connectivity index (χ1) is 10.2. The Kier molecular flexibility index (Phi) is 4.34. The fraction of sp³-hybridized carbons (Fsp3) is 0.667. The van der Waals surface area contributed by atoms with Crippen LogP contribution in [0, 0.1) is 12.8 Å². The summed E-state index contributed by atoms with van der Waals surface area (Å²) in [6.45, 7) is 5.73. The van der Waals surface area contributed by atoms with Crippen LogP contribution in [-0.4, -0.2) is 38.8 Å². The average Bonchev–Trinajstić information content (AvgIpc) is 2.93. The molecule has 0 radical (unpaired) electrons. The summed E-state index contributed by atoms with van der Waals surface area (Å²) >= 11 is 0. The topological polar surface area (TPSA) is 64.3 Å². The van der Waals surface area contributed by atoms with Crippen LogP contribution in [0.1, 0.15) is 38.3 Å². The van der Waals surface area contributed by atoms with Gasteiger partial charge in [0, 0.05) is 18.3 Å². The summed E-state index contributed by atoms with van der Waals surface area (Å²) in [5.74, 6) is 2.22. The molecule has 1 N–H and O–H groups in total. The van der Waals surface area contributed by atoms with E-state index in [9.17, 15) is 0 Å². The van der Waals surface area contributed by atoms with Crippen molar-refractivity contribution >= 4 is 11.6 Å². The molecule has 0 aliphatic heterocycles. The van der Waals surface area contributed by atoms with E-state index in [1.807, 2.05) is 13.0 Å². The van der Waals surface area contributed by atoms with E-state index in [1.165, 1.54) is 32.0 Å². The number of hydrogen-bond acceptors (Lipinski definition) is 5. The zero-order chi connectivity index (χ0) is 14.7. The smallest absolute Gasteiger partial charge is 0.254 e. The molecule has 2 atom stereocenters. The largest absolute Gasteiger partial charge is 0.376 e. The Balaban J connectivity index is 1.53. The maximum atomic E-state index is 6.02.